The molecule has 0 atom stereocenters. The monoisotopic (exact) mass is 473 g/mol. The van der Waals surface area contributed by atoms with Crippen molar-refractivity contribution in [3.05, 3.63) is 84.9 Å². The Labute approximate surface area is 190 Å². The van der Waals surface area contributed by atoms with E-state index in [2.05, 4.69) is 10.3 Å². The normalized spacial score (nSPS) is 16.2. The lowest BCUT2D eigenvalue weighted by molar-refractivity contribution is -0.384. The zero-order valence-corrected chi connectivity index (χ0v) is 18.2. The van der Waals surface area contributed by atoms with Crippen molar-refractivity contribution in [3.8, 4) is 11.3 Å². The van der Waals surface area contributed by atoms with Crippen LogP contribution in [0.3, 0.4) is 0 Å². The van der Waals surface area contributed by atoms with Gasteiger partial charge in [0.25, 0.3) is 11.6 Å². The zero-order chi connectivity index (χ0) is 22.1. The Kier molecular flexibility index (Phi) is 5.86. The number of amides is 1. The van der Waals surface area contributed by atoms with Crippen molar-refractivity contribution in [2.45, 2.75) is 6.92 Å². The number of nitro benzene ring substituents is 1. The van der Waals surface area contributed by atoms with E-state index in [1.165, 1.54) is 12.1 Å². The van der Waals surface area contributed by atoms with Gasteiger partial charge in [0, 0.05) is 23.8 Å². The lowest BCUT2D eigenvalue weighted by atomic mass is 10.1. The zero-order valence-electron chi connectivity index (χ0n) is 15.9. The van der Waals surface area contributed by atoms with Crippen molar-refractivity contribution in [1.82, 2.24) is 5.32 Å². The van der Waals surface area contributed by atoms with E-state index in [1.807, 2.05) is 6.92 Å². The molecule has 1 saturated heterocycles. The van der Waals surface area contributed by atoms with Crippen molar-refractivity contribution >= 4 is 63.5 Å². The smallest absolute Gasteiger partial charge is 0.270 e. The van der Waals surface area contributed by atoms with Gasteiger partial charge in [-0.05, 0) is 48.5 Å². The number of nitrogens with one attached hydrogen (secondary N) is 1. The number of rotatable bonds is 4. The molecule has 156 valence electrons. The van der Waals surface area contributed by atoms with E-state index in [9.17, 15) is 14.9 Å². The summed E-state index contributed by atoms with van der Waals surface area (Å²) in [5.74, 6) is 0.572. The number of thioether (sulfide) groups is 1. The summed E-state index contributed by atoms with van der Waals surface area (Å²) in [5.41, 5.74) is 1.86. The third kappa shape index (κ3) is 4.51. The molecule has 10 heteroatoms. The fraction of sp³-hybridized carbons (Fsp3) is 0.0476. The number of amidine groups is 1. The number of hydrogen-bond acceptors (Lipinski definition) is 6. The highest BCUT2D eigenvalue weighted by Gasteiger charge is 2.25. The summed E-state index contributed by atoms with van der Waals surface area (Å²) in [6, 6.07) is 13.0. The molecule has 0 aliphatic carbocycles. The van der Waals surface area contributed by atoms with Gasteiger partial charge in [-0.3, -0.25) is 14.9 Å². The van der Waals surface area contributed by atoms with Gasteiger partial charge in [-0.2, -0.15) is 0 Å². The first-order valence-electron chi connectivity index (χ1n) is 8.90. The minimum absolute atomic E-state index is 0.0249. The highest BCUT2D eigenvalue weighted by atomic mass is 35.5. The molecule has 1 fully saturated rings. The number of benzene rings is 2. The number of aliphatic imine (C=N–C) groups is 1. The molecule has 31 heavy (non-hydrogen) atoms. The molecule has 3 aromatic rings. The van der Waals surface area contributed by atoms with E-state index >= 15 is 0 Å². The number of non-ortho nitro benzene ring substituents is 1. The van der Waals surface area contributed by atoms with Crippen LogP contribution in [0.1, 0.15) is 11.3 Å². The average molecular weight is 474 g/mol. The Hall–Kier alpha value is -3.07. The second-order valence-corrected chi connectivity index (χ2v) is 8.33. The molecular weight excluding hydrogens is 461 g/mol. The summed E-state index contributed by atoms with van der Waals surface area (Å²) < 4.78 is 5.81. The fourth-order valence-corrected chi connectivity index (χ4v) is 4.01. The predicted molar refractivity (Wildman–Crippen MR) is 123 cm³/mol. The van der Waals surface area contributed by atoms with Crippen molar-refractivity contribution in [1.29, 1.82) is 0 Å². The molecule has 0 radical (unpaired) electrons. The van der Waals surface area contributed by atoms with E-state index < -0.39 is 4.92 Å². The van der Waals surface area contributed by atoms with Crippen LogP contribution in [-0.4, -0.2) is 16.0 Å². The minimum atomic E-state index is -0.457. The van der Waals surface area contributed by atoms with Crippen LogP contribution in [0, 0.1) is 17.0 Å². The Morgan fingerprint density at radius 1 is 1.19 bits per heavy atom. The number of halogens is 2. The SMILES string of the molecule is Cc1ccc([N+](=O)[O-])cc1-c1ccc(/C=C2\SC(=Nc3cccc(Cl)c3Cl)NC2=O)o1. The number of carbonyl (C=O) groups excluding carboxylic acids is 1. The lowest BCUT2D eigenvalue weighted by Crippen LogP contribution is -2.19. The van der Waals surface area contributed by atoms with E-state index in [0.717, 1.165) is 17.3 Å². The molecule has 1 aromatic heterocycles. The predicted octanol–water partition coefficient (Wildman–Crippen LogP) is 6.36. The van der Waals surface area contributed by atoms with E-state index in [4.69, 9.17) is 27.6 Å². The minimum Gasteiger partial charge on any atom is -0.457 e. The Bertz CT molecular complexity index is 1280. The van der Waals surface area contributed by atoms with Gasteiger partial charge in [0.1, 0.15) is 11.5 Å². The van der Waals surface area contributed by atoms with Crippen molar-refractivity contribution < 1.29 is 14.1 Å². The summed E-state index contributed by atoms with van der Waals surface area (Å²) in [5, 5.41) is 14.8. The van der Waals surface area contributed by atoms with Crippen LogP contribution >= 0.6 is 35.0 Å². The number of nitrogens with zero attached hydrogens (tertiary/aromatic N) is 2. The highest BCUT2D eigenvalue weighted by Crippen LogP contribution is 2.35. The van der Waals surface area contributed by atoms with Crippen LogP contribution in [0.5, 0.6) is 0 Å². The maximum Gasteiger partial charge on any atom is 0.270 e. The number of aryl methyl sites for hydroxylation is 1. The molecule has 2 aromatic carbocycles. The molecule has 0 bridgehead atoms. The summed E-state index contributed by atoms with van der Waals surface area (Å²) in [4.78, 5) is 27.7. The Morgan fingerprint density at radius 3 is 2.77 bits per heavy atom. The molecule has 2 heterocycles. The maximum absolute atomic E-state index is 12.3. The summed E-state index contributed by atoms with van der Waals surface area (Å²) in [7, 11) is 0. The summed E-state index contributed by atoms with van der Waals surface area (Å²) in [6.45, 7) is 1.84. The molecule has 1 N–H and O–H groups in total. The molecule has 1 aliphatic rings. The van der Waals surface area contributed by atoms with Gasteiger partial charge < -0.3 is 9.73 Å². The second-order valence-electron chi connectivity index (χ2n) is 6.51. The van der Waals surface area contributed by atoms with Crippen LogP contribution in [-0.2, 0) is 4.79 Å². The topological polar surface area (TPSA) is 97.7 Å². The quantitative estimate of drug-likeness (QED) is 0.270. The maximum atomic E-state index is 12.3. The Morgan fingerprint density at radius 2 is 2.00 bits per heavy atom. The fourth-order valence-electron chi connectivity index (χ4n) is 2.86. The van der Waals surface area contributed by atoms with E-state index in [-0.39, 0.29) is 11.6 Å². The number of furan rings is 1. The third-order valence-electron chi connectivity index (χ3n) is 4.40. The summed E-state index contributed by atoms with van der Waals surface area (Å²) >= 11 is 13.3. The molecule has 0 spiro atoms. The lowest BCUT2D eigenvalue weighted by Gasteiger charge is -2.02. The molecule has 1 amide bonds. The first-order chi connectivity index (χ1) is 14.8. The van der Waals surface area contributed by atoms with Crippen LogP contribution in [0.25, 0.3) is 17.4 Å². The number of carbonyl (C=O) groups is 1. The highest BCUT2D eigenvalue weighted by molar-refractivity contribution is 8.18. The van der Waals surface area contributed by atoms with Gasteiger partial charge in [-0.1, -0.05) is 35.3 Å². The average Bonchev–Trinajstić information content (AvgIpc) is 3.32. The molecule has 4 rings (SSSR count). The van der Waals surface area contributed by atoms with Gasteiger partial charge in [0.05, 0.1) is 25.6 Å². The van der Waals surface area contributed by atoms with Gasteiger partial charge in [-0.25, -0.2) is 4.99 Å². The second kappa shape index (κ2) is 8.58. The standard InChI is InChI=1S/C21H13Cl2N3O4S/c1-11-5-6-12(26(28)29)9-14(11)17-8-7-13(30-17)10-18-20(27)25-21(31-18)24-16-4-2-3-15(22)19(16)23/h2-10H,1H3,(H,24,25,27)/b18-10-. The first kappa shape index (κ1) is 21.2. The van der Waals surface area contributed by atoms with Crippen LogP contribution in [0.4, 0.5) is 11.4 Å². The van der Waals surface area contributed by atoms with Gasteiger partial charge in [-0.15, -0.1) is 0 Å². The molecule has 7 nitrogen and oxygen atoms in total. The molecule has 1 aliphatic heterocycles. The molecular formula is C21H13Cl2N3O4S. The van der Waals surface area contributed by atoms with Crippen LogP contribution in [0.2, 0.25) is 10.0 Å². The molecule has 0 saturated carbocycles. The van der Waals surface area contributed by atoms with Crippen molar-refractivity contribution in [2.75, 3.05) is 0 Å². The number of hydrogen-bond donors (Lipinski definition) is 1. The van der Waals surface area contributed by atoms with Crippen LogP contribution in [0.15, 0.2) is 62.8 Å². The van der Waals surface area contributed by atoms with Gasteiger partial charge in [0.15, 0.2) is 5.17 Å². The van der Waals surface area contributed by atoms with Crippen molar-refractivity contribution in [3.63, 3.8) is 0 Å². The Balaban J connectivity index is 1.59. The summed E-state index contributed by atoms with van der Waals surface area (Å²) in [6.07, 6.45) is 1.58. The van der Waals surface area contributed by atoms with Crippen molar-refractivity contribution in [2.24, 2.45) is 4.99 Å². The third-order valence-corrected chi connectivity index (χ3v) is 6.12. The number of nitro groups is 1. The van der Waals surface area contributed by atoms with Gasteiger partial charge in [0.2, 0.25) is 0 Å². The van der Waals surface area contributed by atoms with E-state index in [0.29, 0.717) is 42.9 Å². The van der Waals surface area contributed by atoms with Gasteiger partial charge >= 0.3 is 0 Å². The first-order valence-corrected chi connectivity index (χ1v) is 10.5. The molecule has 0 unspecified atom stereocenters. The van der Waals surface area contributed by atoms with E-state index in [1.54, 1.807) is 42.5 Å². The largest absolute Gasteiger partial charge is 0.457 e. The van der Waals surface area contributed by atoms with Crippen LogP contribution < -0.4 is 5.32 Å².